The Labute approximate surface area is 353 Å². The number of pyridine rings is 1. The molecule has 4 aliphatic rings. The minimum absolute atomic E-state index is 0.0405. The topological polar surface area (TPSA) is 286 Å². The Bertz CT molecular complexity index is 2170. The van der Waals surface area contributed by atoms with E-state index >= 15 is 0 Å². The lowest BCUT2D eigenvalue weighted by Crippen LogP contribution is -2.89. The number of nitrogens with zero attached hydrogens (tertiary/aromatic N) is 1. The summed E-state index contributed by atoms with van der Waals surface area (Å²) in [6.45, 7) is 7.57. The molecule has 2 aromatic rings. The molecule has 2 aliphatic carbocycles. The maximum Gasteiger partial charge on any atom is 0.341 e. The number of ether oxygens (including phenoxy) is 9. The van der Waals surface area contributed by atoms with Gasteiger partial charge in [-0.25, -0.2) is 14.4 Å². The fraction of sp³-hybridized carbons (Fsp3) is 0.585. The van der Waals surface area contributed by atoms with Crippen LogP contribution in [0.3, 0.4) is 0 Å². The molecule has 62 heavy (non-hydrogen) atoms. The van der Waals surface area contributed by atoms with Crippen LogP contribution in [0.15, 0.2) is 41.5 Å². The van der Waals surface area contributed by atoms with E-state index in [2.05, 4.69) is 4.98 Å². The maximum absolute atomic E-state index is 14.6. The van der Waals surface area contributed by atoms with Gasteiger partial charge in [0, 0.05) is 52.9 Å². The van der Waals surface area contributed by atoms with Crippen molar-refractivity contribution in [2.75, 3.05) is 13.2 Å². The minimum Gasteiger partial charge on any atom is -0.472 e. The number of carbonyl (C=O) groups is 8. The third-order valence-electron chi connectivity index (χ3n) is 12.3. The first kappa shape index (κ1) is 45.6. The van der Waals surface area contributed by atoms with Gasteiger partial charge >= 0.3 is 47.8 Å². The first-order valence-corrected chi connectivity index (χ1v) is 19.4. The molecule has 2 aromatic heterocycles. The lowest BCUT2D eigenvalue weighted by molar-refractivity contribution is -0.386. The lowest BCUT2D eigenvalue weighted by atomic mass is 9.45. The number of aliphatic hydroxyl groups is 2. The highest BCUT2D eigenvalue weighted by atomic mass is 16.7. The number of hydrogen-bond donors (Lipinski definition) is 2. The fourth-order valence-electron chi connectivity index (χ4n) is 9.67. The smallest absolute Gasteiger partial charge is 0.341 e. The van der Waals surface area contributed by atoms with Gasteiger partial charge in [0.1, 0.15) is 48.3 Å². The molecule has 0 aromatic carbocycles. The highest BCUT2D eigenvalue weighted by Crippen LogP contribution is 2.70. The molecule has 0 amide bonds. The van der Waals surface area contributed by atoms with Crippen LogP contribution in [0.1, 0.15) is 94.5 Å². The number of rotatable bonds is 8. The minimum atomic E-state index is -3.01. The standard InChI is InChI=1S/C41H47NO20/c1-18-25-10-12-42-14-26(25)35(49)55-16-37(7)27-28(56-20(3)44)32(58-22(5)46)40(17-54-19(2)43)33(59-23(6)47)29(60-34(48)24-11-13-53-15-24)31(61-36(50)38(18,8)51)39(9,52)41(40,62-37)30(27)57-21(4)45/h10-15,18,27-33,51-52H,16-17H2,1-9H3/t18?,27-,28+,29+,30-,31+,32-,33+,37+,38?,39+,40-,41+/m1/s1. The molecule has 3 fully saturated rings. The summed E-state index contributed by atoms with van der Waals surface area (Å²) in [5.74, 6) is -12.1. The highest BCUT2D eigenvalue weighted by molar-refractivity contribution is 5.92. The van der Waals surface area contributed by atoms with Crippen LogP contribution in [0, 0.1) is 11.3 Å². The van der Waals surface area contributed by atoms with Crippen LogP contribution in [-0.4, -0.2) is 135 Å². The van der Waals surface area contributed by atoms with E-state index in [4.69, 9.17) is 47.0 Å². The lowest BCUT2D eigenvalue weighted by Gasteiger charge is -2.67. The molecule has 2 aliphatic heterocycles. The second kappa shape index (κ2) is 16.1. The van der Waals surface area contributed by atoms with E-state index < -0.39 is 137 Å². The fourth-order valence-corrected chi connectivity index (χ4v) is 9.67. The van der Waals surface area contributed by atoms with Crippen molar-refractivity contribution in [3.05, 3.63) is 53.7 Å². The van der Waals surface area contributed by atoms with Gasteiger partial charge in [-0.15, -0.1) is 0 Å². The average Bonchev–Trinajstić information content (AvgIpc) is 3.79. The molecular weight excluding hydrogens is 826 g/mol. The van der Waals surface area contributed by atoms with Crippen LogP contribution < -0.4 is 0 Å². The quantitative estimate of drug-likeness (QED) is 0.277. The van der Waals surface area contributed by atoms with Crippen molar-refractivity contribution >= 4 is 47.8 Å². The zero-order valence-corrected chi connectivity index (χ0v) is 35.2. The first-order chi connectivity index (χ1) is 28.9. The van der Waals surface area contributed by atoms with Crippen molar-refractivity contribution in [1.29, 1.82) is 0 Å². The summed E-state index contributed by atoms with van der Waals surface area (Å²) >= 11 is 0. The largest absolute Gasteiger partial charge is 0.472 e. The average molecular weight is 874 g/mol. The van der Waals surface area contributed by atoms with Crippen molar-refractivity contribution < 1.29 is 95.6 Å². The van der Waals surface area contributed by atoms with Crippen molar-refractivity contribution in [3.8, 4) is 0 Å². The van der Waals surface area contributed by atoms with Crippen LogP contribution in [-0.2, 0) is 71.4 Å². The van der Waals surface area contributed by atoms with Crippen molar-refractivity contribution in [3.63, 3.8) is 0 Å². The van der Waals surface area contributed by atoms with Gasteiger partial charge < -0.3 is 57.3 Å². The molecule has 21 heteroatoms. The van der Waals surface area contributed by atoms with Gasteiger partial charge in [0.25, 0.3) is 0 Å². The predicted molar refractivity (Wildman–Crippen MR) is 199 cm³/mol. The predicted octanol–water partition coefficient (Wildman–Crippen LogP) is 1.04. The van der Waals surface area contributed by atoms with Crippen LogP contribution in [0.2, 0.25) is 0 Å². The summed E-state index contributed by atoms with van der Waals surface area (Å²) in [5.41, 5.74) is -13.8. The van der Waals surface area contributed by atoms with E-state index in [-0.39, 0.29) is 16.7 Å². The van der Waals surface area contributed by atoms with Crippen LogP contribution in [0.25, 0.3) is 0 Å². The Kier molecular flexibility index (Phi) is 11.8. The number of esters is 8. The molecule has 6 rings (SSSR count). The van der Waals surface area contributed by atoms with E-state index in [9.17, 15) is 48.6 Å². The molecule has 2 unspecified atom stereocenters. The maximum atomic E-state index is 14.6. The van der Waals surface area contributed by atoms with Gasteiger partial charge in [0.05, 0.1) is 23.3 Å². The Morgan fingerprint density at radius 3 is 1.97 bits per heavy atom. The Morgan fingerprint density at radius 2 is 1.40 bits per heavy atom. The van der Waals surface area contributed by atoms with Gasteiger partial charge in [0.15, 0.2) is 35.6 Å². The number of carbonyl (C=O) groups excluding carboxylic acids is 8. The summed E-state index contributed by atoms with van der Waals surface area (Å²) in [4.78, 5) is 113. The zero-order valence-electron chi connectivity index (χ0n) is 35.2. The number of hydrogen-bond acceptors (Lipinski definition) is 21. The molecule has 1 saturated heterocycles. The van der Waals surface area contributed by atoms with Gasteiger partial charge in [-0.3, -0.25) is 29.0 Å². The molecule has 21 nitrogen and oxygen atoms in total. The molecule has 4 heterocycles. The highest BCUT2D eigenvalue weighted by Gasteiger charge is 2.92. The molecule has 4 bridgehead atoms. The summed E-state index contributed by atoms with van der Waals surface area (Å²) in [6.07, 6.45) is -8.39. The Morgan fingerprint density at radius 1 is 0.806 bits per heavy atom. The summed E-state index contributed by atoms with van der Waals surface area (Å²) in [6, 6.07) is 2.53. The van der Waals surface area contributed by atoms with E-state index in [1.807, 2.05) is 0 Å². The summed E-state index contributed by atoms with van der Waals surface area (Å²) < 4.78 is 59.7. The monoisotopic (exact) mass is 873 g/mol. The Hall–Kier alpha value is -5.93. The zero-order chi connectivity index (χ0) is 45.9. The third kappa shape index (κ3) is 7.14. The SMILES string of the molecule is CC(=O)OC[C@]12[C@H](OC(C)=O)[C@@H](OC(C)=O)[C@@H]3[C@@H](OC(C)=O)[C@@]14O[C@@]3(C)COC(=O)c1cnccc1C(C)C(C)(O)C(=O)O[C@@H]([C@H](OC(=O)c1ccoc1)[C@@H]2OC(C)=O)[C@]4(C)O. The molecular formula is C41H47NO20. The molecule has 336 valence electrons. The van der Waals surface area contributed by atoms with Gasteiger partial charge in [-0.05, 0) is 38.5 Å². The van der Waals surface area contributed by atoms with E-state index in [1.165, 1.54) is 32.2 Å². The summed E-state index contributed by atoms with van der Waals surface area (Å²) in [5, 5.41) is 25.7. The number of aromatic nitrogens is 1. The number of furan rings is 1. The molecule has 2 saturated carbocycles. The van der Waals surface area contributed by atoms with E-state index in [1.54, 1.807) is 0 Å². The van der Waals surface area contributed by atoms with Gasteiger partial charge in [-0.1, -0.05) is 6.92 Å². The van der Waals surface area contributed by atoms with Crippen LogP contribution >= 0.6 is 0 Å². The van der Waals surface area contributed by atoms with Crippen molar-refractivity contribution in [1.82, 2.24) is 4.98 Å². The second-order valence-electron chi connectivity index (χ2n) is 16.4. The molecule has 13 atom stereocenters. The normalized spacial score (nSPS) is 37.3. The molecule has 2 N–H and O–H groups in total. The number of fused-ring (bicyclic) bond motifs is 5. The van der Waals surface area contributed by atoms with E-state index in [0.717, 1.165) is 67.2 Å². The van der Waals surface area contributed by atoms with Crippen molar-refractivity contribution in [2.24, 2.45) is 11.3 Å². The summed E-state index contributed by atoms with van der Waals surface area (Å²) in [7, 11) is 0. The number of cyclic esters (lactones) is 1. The van der Waals surface area contributed by atoms with Crippen LogP contribution in [0.5, 0.6) is 0 Å². The first-order valence-electron chi connectivity index (χ1n) is 19.4. The van der Waals surface area contributed by atoms with Crippen molar-refractivity contribution in [2.45, 2.75) is 127 Å². The molecule has 1 spiro atoms. The van der Waals surface area contributed by atoms with E-state index in [0.29, 0.717) is 0 Å². The Balaban J connectivity index is 1.81. The third-order valence-corrected chi connectivity index (χ3v) is 12.3. The second-order valence-corrected chi connectivity index (χ2v) is 16.4. The van der Waals surface area contributed by atoms with Gasteiger partial charge in [-0.2, -0.15) is 0 Å². The molecule has 0 radical (unpaired) electrons. The van der Waals surface area contributed by atoms with Gasteiger partial charge in [0.2, 0.25) is 0 Å². The van der Waals surface area contributed by atoms with Crippen LogP contribution in [0.4, 0.5) is 0 Å².